The second-order valence-corrected chi connectivity index (χ2v) is 6.63. The zero-order valence-electron chi connectivity index (χ0n) is 11.4. The van der Waals surface area contributed by atoms with Gasteiger partial charge in [-0.3, -0.25) is 0 Å². The molecule has 0 aliphatic heterocycles. The number of aliphatic hydroxyl groups excluding tert-OH is 1. The third-order valence-electron chi connectivity index (χ3n) is 3.19. The highest BCUT2D eigenvalue weighted by Crippen LogP contribution is 2.27. The van der Waals surface area contributed by atoms with Crippen molar-refractivity contribution in [2.75, 3.05) is 5.33 Å². The highest BCUT2D eigenvalue weighted by Gasteiger charge is 2.27. The van der Waals surface area contributed by atoms with Gasteiger partial charge in [0.25, 0.3) is 0 Å². The minimum atomic E-state index is -0.451. The lowest BCUT2D eigenvalue weighted by Gasteiger charge is -2.31. The molecule has 1 saturated carbocycles. The molecule has 1 fully saturated rings. The first-order valence-corrected chi connectivity index (χ1v) is 7.67. The monoisotopic (exact) mass is 321 g/mol. The minimum absolute atomic E-state index is 0.179. The molecule has 0 spiro atoms. The van der Waals surface area contributed by atoms with Crippen LogP contribution in [0.2, 0.25) is 0 Å². The van der Waals surface area contributed by atoms with Crippen molar-refractivity contribution in [3.8, 4) is 0 Å². The SMILES string of the molecule is CC(C)(C)OC(=O)NC1CCC(C(O)CBr)CC1. The predicted octanol–water partition coefficient (Wildman–Crippen LogP) is 2.83. The molecule has 5 heteroatoms. The molecule has 0 heterocycles. The van der Waals surface area contributed by atoms with E-state index >= 15 is 0 Å². The average Bonchev–Trinajstić information content (AvgIpc) is 2.26. The summed E-state index contributed by atoms with van der Waals surface area (Å²) >= 11 is 3.30. The summed E-state index contributed by atoms with van der Waals surface area (Å²) in [5.74, 6) is 0.348. The summed E-state index contributed by atoms with van der Waals surface area (Å²) in [6.07, 6.45) is 3.11. The summed E-state index contributed by atoms with van der Waals surface area (Å²) in [5.41, 5.74) is -0.451. The number of hydrogen-bond acceptors (Lipinski definition) is 3. The topological polar surface area (TPSA) is 58.6 Å². The van der Waals surface area contributed by atoms with Crippen LogP contribution < -0.4 is 5.32 Å². The normalized spacial score (nSPS) is 26.5. The van der Waals surface area contributed by atoms with Crippen LogP contribution >= 0.6 is 15.9 Å². The number of hydrogen-bond donors (Lipinski definition) is 2. The zero-order valence-corrected chi connectivity index (χ0v) is 13.0. The van der Waals surface area contributed by atoms with Crippen LogP contribution in [0.1, 0.15) is 46.5 Å². The van der Waals surface area contributed by atoms with Gasteiger partial charge in [-0.2, -0.15) is 0 Å². The van der Waals surface area contributed by atoms with E-state index in [1.54, 1.807) is 0 Å². The molecule has 0 radical (unpaired) electrons. The second-order valence-electron chi connectivity index (χ2n) is 5.98. The highest BCUT2D eigenvalue weighted by atomic mass is 79.9. The molecule has 0 aromatic rings. The fourth-order valence-electron chi connectivity index (χ4n) is 2.25. The Hall–Kier alpha value is -0.290. The van der Waals surface area contributed by atoms with Gasteiger partial charge >= 0.3 is 6.09 Å². The Bertz CT molecular complexity index is 270. The second kappa shape index (κ2) is 6.75. The van der Waals surface area contributed by atoms with Crippen LogP contribution in [0, 0.1) is 5.92 Å². The zero-order chi connectivity index (χ0) is 13.8. The van der Waals surface area contributed by atoms with Crippen LogP contribution in [0.3, 0.4) is 0 Å². The van der Waals surface area contributed by atoms with Crippen molar-refractivity contribution in [3.05, 3.63) is 0 Å². The summed E-state index contributed by atoms with van der Waals surface area (Å²) < 4.78 is 5.23. The number of alkyl carbamates (subject to hydrolysis) is 1. The summed E-state index contributed by atoms with van der Waals surface area (Å²) in [4.78, 5) is 11.6. The largest absolute Gasteiger partial charge is 0.444 e. The van der Waals surface area contributed by atoms with E-state index in [0.717, 1.165) is 25.7 Å². The molecule has 4 nitrogen and oxygen atoms in total. The number of rotatable bonds is 3. The number of amides is 1. The Morgan fingerprint density at radius 3 is 2.39 bits per heavy atom. The van der Waals surface area contributed by atoms with Gasteiger partial charge in [-0.1, -0.05) is 15.9 Å². The van der Waals surface area contributed by atoms with Gasteiger partial charge in [-0.15, -0.1) is 0 Å². The first-order chi connectivity index (χ1) is 8.31. The van der Waals surface area contributed by atoms with Crippen LogP contribution in [0.15, 0.2) is 0 Å². The Balaban J connectivity index is 2.29. The van der Waals surface area contributed by atoms with Crippen molar-refractivity contribution in [1.29, 1.82) is 0 Å². The standard InChI is InChI=1S/C13H24BrNO3/c1-13(2,3)18-12(17)15-10-6-4-9(5-7-10)11(16)8-14/h9-11,16H,4-8H2,1-3H3,(H,15,17). The maximum absolute atomic E-state index is 11.6. The summed E-state index contributed by atoms with van der Waals surface area (Å²) in [6, 6.07) is 0.179. The molecule has 1 rings (SSSR count). The van der Waals surface area contributed by atoms with Gasteiger partial charge in [0.15, 0.2) is 0 Å². The van der Waals surface area contributed by atoms with E-state index in [1.807, 2.05) is 20.8 Å². The number of alkyl halides is 1. The number of halogens is 1. The van der Waals surface area contributed by atoms with Crippen molar-refractivity contribution in [1.82, 2.24) is 5.32 Å². The van der Waals surface area contributed by atoms with Gasteiger partial charge in [0.1, 0.15) is 5.60 Å². The smallest absolute Gasteiger partial charge is 0.407 e. The van der Waals surface area contributed by atoms with Gasteiger partial charge in [-0.05, 0) is 52.4 Å². The molecule has 1 amide bonds. The van der Waals surface area contributed by atoms with Gasteiger partial charge in [0.2, 0.25) is 0 Å². The van der Waals surface area contributed by atoms with E-state index in [-0.39, 0.29) is 18.2 Å². The minimum Gasteiger partial charge on any atom is -0.444 e. The Labute approximate surface area is 118 Å². The Morgan fingerprint density at radius 1 is 1.39 bits per heavy atom. The van der Waals surface area contributed by atoms with Gasteiger partial charge < -0.3 is 15.2 Å². The number of carbonyl (C=O) groups is 1. The molecule has 2 N–H and O–H groups in total. The van der Waals surface area contributed by atoms with Crippen LogP contribution in [0.25, 0.3) is 0 Å². The quantitative estimate of drug-likeness (QED) is 0.786. The third kappa shape index (κ3) is 5.57. The van der Waals surface area contributed by atoms with E-state index in [2.05, 4.69) is 21.2 Å². The van der Waals surface area contributed by atoms with Crippen LogP contribution in [0.5, 0.6) is 0 Å². The van der Waals surface area contributed by atoms with Crippen molar-refractivity contribution in [3.63, 3.8) is 0 Å². The molecule has 0 saturated heterocycles. The lowest BCUT2D eigenvalue weighted by molar-refractivity contribution is 0.0465. The van der Waals surface area contributed by atoms with E-state index in [1.165, 1.54) is 0 Å². The highest BCUT2D eigenvalue weighted by molar-refractivity contribution is 9.09. The molecule has 0 aromatic carbocycles. The molecular formula is C13H24BrNO3. The Kier molecular flexibility index (Phi) is 5.92. The predicted molar refractivity (Wildman–Crippen MR) is 74.9 cm³/mol. The van der Waals surface area contributed by atoms with Crippen molar-refractivity contribution < 1.29 is 14.6 Å². The molecule has 1 unspecified atom stereocenters. The number of nitrogens with one attached hydrogen (secondary N) is 1. The molecule has 0 bridgehead atoms. The molecule has 106 valence electrons. The molecule has 1 aliphatic rings. The molecule has 1 atom stereocenters. The first kappa shape index (κ1) is 15.8. The van der Waals surface area contributed by atoms with Crippen LogP contribution in [0.4, 0.5) is 4.79 Å². The van der Waals surface area contributed by atoms with E-state index in [4.69, 9.17) is 4.74 Å². The fraction of sp³-hybridized carbons (Fsp3) is 0.923. The van der Waals surface area contributed by atoms with E-state index in [9.17, 15) is 9.90 Å². The summed E-state index contributed by atoms with van der Waals surface area (Å²) in [5, 5.41) is 13.3. The van der Waals surface area contributed by atoms with Crippen LogP contribution in [-0.2, 0) is 4.74 Å². The number of ether oxygens (including phenoxy) is 1. The number of aliphatic hydroxyl groups is 1. The third-order valence-corrected chi connectivity index (χ3v) is 3.86. The van der Waals surface area contributed by atoms with Gasteiger partial charge in [0, 0.05) is 11.4 Å². The molecule has 18 heavy (non-hydrogen) atoms. The van der Waals surface area contributed by atoms with E-state index < -0.39 is 5.60 Å². The first-order valence-electron chi connectivity index (χ1n) is 6.55. The summed E-state index contributed by atoms with van der Waals surface area (Å²) in [7, 11) is 0. The van der Waals surface area contributed by atoms with Crippen molar-refractivity contribution >= 4 is 22.0 Å². The number of carbonyl (C=O) groups excluding carboxylic acids is 1. The summed E-state index contributed by atoms with van der Waals surface area (Å²) in [6.45, 7) is 5.57. The maximum atomic E-state index is 11.6. The fourth-order valence-corrected chi connectivity index (χ4v) is 2.78. The maximum Gasteiger partial charge on any atom is 0.407 e. The lowest BCUT2D eigenvalue weighted by atomic mass is 9.83. The van der Waals surface area contributed by atoms with Crippen molar-refractivity contribution in [2.24, 2.45) is 5.92 Å². The molecule has 0 aromatic heterocycles. The van der Waals surface area contributed by atoms with Crippen LogP contribution in [-0.4, -0.2) is 34.3 Å². The van der Waals surface area contributed by atoms with E-state index in [0.29, 0.717) is 11.2 Å². The molecule has 1 aliphatic carbocycles. The average molecular weight is 322 g/mol. The lowest BCUT2D eigenvalue weighted by Crippen LogP contribution is -2.42. The molecular weight excluding hydrogens is 298 g/mol. The van der Waals surface area contributed by atoms with Crippen molar-refractivity contribution in [2.45, 2.75) is 64.2 Å². The van der Waals surface area contributed by atoms with Gasteiger partial charge in [-0.25, -0.2) is 4.79 Å². The van der Waals surface area contributed by atoms with Gasteiger partial charge in [0.05, 0.1) is 6.10 Å². The Morgan fingerprint density at radius 2 is 1.94 bits per heavy atom.